The van der Waals surface area contributed by atoms with Crippen molar-refractivity contribution in [3.63, 3.8) is 0 Å². The zero-order chi connectivity index (χ0) is 12.2. The Morgan fingerprint density at radius 1 is 1.19 bits per heavy atom. The van der Waals surface area contributed by atoms with Crippen LogP contribution in [-0.2, 0) is 0 Å². The van der Waals surface area contributed by atoms with E-state index in [0.29, 0.717) is 11.3 Å². The van der Waals surface area contributed by atoms with Crippen LogP contribution in [0.4, 0.5) is 0 Å². The van der Waals surface area contributed by atoms with E-state index < -0.39 is 0 Å². The second kappa shape index (κ2) is 5.34. The van der Waals surface area contributed by atoms with E-state index in [1.54, 1.807) is 0 Å². The predicted octanol–water partition coefficient (Wildman–Crippen LogP) is 5.26. The fourth-order valence-electron chi connectivity index (χ4n) is 2.14. The van der Waals surface area contributed by atoms with Crippen LogP contribution < -0.4 is 0 Å². The highest BCUT2D eigenvalue weighted by Gasteiger charge is 2.18. The van der Waals surface area contributed by atoms with Gasteiger partial charge in [-0.05, 0) is 35.3 Å². The molecule has 1 aromatic carbocycles. The van der Waals surface area contributed by atoms with E-state index in [4.69, 9.17) is 0 Å². The van der Waals surface area contributed by atoms with Gasteiger partial charge < -0.3 is 0 Å². The third-order valence-electron chi connectivity index (χ3n) is 3.00. The Bertz CT molecular complexity index is 324. The van der Waals surface area contributed by atoms with Gasteiger partial charge >= 0.3 is 0 Å². The maximum atomic E-state index is 3.79. The highest BCUT2D eigenvalue weighted by atomic mass is 14.2. The molecule has 0 fully saturated rings. The molecule has 0 heteroatoms. The Morgan fingerprint density at radius 3 is 2.12 bits per heavy atom. The molecule has 0 aliphatic carbocycles. The van der Waals surface area contributed by atoms with Crippen molar-refractivity contribution in [3.8, 4) is 0 Å². The molecule has 0 saturated heterocycles. The monoisotopic (exact) mass is 216 g/mol. The van der Waals surface area contributed by atoms with Crippen molar-refractivity contribution in [2.24, 2.45) is 5.41 Å². The number of benzene rings is 1. The van der Waals surface area contributed by atoms with Crippen LogP contribution in [0.2, 0.25) is 0 Å². The average Bonchev–Trinajstić information content (AvgIpc) is 2.25. The van der Waals surface area contributed by atoms with Gasteiger partial charge in [-0.3, -0.25) is 0 Å². The summed E-state index contributed by atoms with van der Waals surface area (Å²) in [7, 11) is 0. The van der Waals surface area contributed by atoms with Crippen LogP contribution >= 0.6 is 0 Å². The maximum absolute atomic E-state index is 3.79. The second-order valence-corrected chi connectivity index (χ2v) is 5.74. The zero-order valence-corrected chi connectivity index (χ0v) is 11.1. The molecular weight excluding hydrogens is 192 g/mol. The van der Waals surface area contributed by atoms with E-state index in [9.17, 15) is 0 Å². The molecule has 0 heterocycles. The lowest BCUT2D eigenvalue weighted by molar-refractivity contribution is 0.335. The lowest BCUT2D eigenvalue weighted by atomic mass is 9.80. The van der Waals surface area contributed by atoms with Gasteiger partial charge in [0.15, 0.2) is 0 Å². The van der Waals surface area contributed by atoms with Gasteiger partial charge in [-0.15, -0.1) is 0 Å². The summed E-state index contributed by atoms with van der Waals surface area (Å²) < 4.78 is 0. The van der Waals surface area contributed by atoms with E-state index >= 15 is 0 Å². The van der Waals surface area contributed by atoms with Gasteiger partial charge in [0.2, 0.25) is 0 Å². The minimum atomic E-state index is 0.401. The minimum Gasteiger partial charge on any atom is -0.0985 e. The largest absolute Gasteiger partial charge is 0.0985 e. The Balaban J connectivity index is 2.82. The van der Waals surface area contributed by atoms with Crippen molar-refractivity contribution in [2.75, 3.05) is 0 Å². The second-order valence-electron chi connectivity index (χ2n) is 5.74. The maximum Gasteiger partial charge on any atom is -0.0160 e. The fourth-order valence-corrected chi connectivity index (χ4v) is 2.14. The molecular formula is C16H24. The molecule has 0 N–H and O–H groups in total. The van der Waals surface area contributed by atoms with Crippen molar-refractivity contribution in [1.82, 2.24) is 0 Å². The fraction of sp³-hybridized carbons (Fsp3) is 0.500. The SMILES string of the molecule is C=Cc1ccc(C(CC)CC(C)(C)C)cc1. The summed E-state index contributed by atoms with van der Waals surface area (Å²) in [5.41, 5.74) is 3.06. The molecule has 0 aliphatic rings. The van der Waals surface area contributed by atoms with Crippen LogP contribution in [0.15, 0.2) is 30.8 Å². The predicted molar refractivity (Wildman–Crippen MR) is 73.6 cm³/mol. The third-order valence-corrected chi connectivity index (χ3v) is 3.00. The molecule has 0 nitrogen and oxygen atoms in total. The third kappa shape index (κ3) is 3.84. The van der Waals surface area contributed by atoms with Crippen molar-refractivity contribution < 1.29 is 0 Å². The summed E-state index contributed by atoms with van der Waals surface area (Å²) in [6, 6.07) is 8.81. The lowest BCUT2D eigenvalue weighted by Gasteiger charge is -2.25. The van der Waals surface area contributed by atoms with Gasteiger partial charge in [0, 0.05) is 0 Å². The van der Waals surface area contributed by atoms with Gasteiger partial charge in [0.25, 0.3) is 0 Å². The molecule has 1 unspecified atom stereocenters. The van der Waals surface area contributed by atoms with Gasteiger partial charge in [-0.1, -0.05) is 64.6 Å². The minimum absolute atomic E-state index is 0.401. The highest BCUT2D eigenvalue weighted by Crippen LogP contribution is 2.33. The van der Waals surface area contributed by atoms with E-state index in [-0.39, 0.29) is 0 Å². The first-order valence-electron chi connectivity index (χ1n) is 6.18. The first-order valence-corrected chi connectivity index (χ1v) is 6.18. The summed E-state index contributed by atoms with van der Waals surface area (Å²) in [5.74, 6) is 0.680. The molecule has 0 bridgehead atoms. The molecule has 0 spiro atoms. The van der Waals surface area contributed by atoms with E-state index in [1.165, 1.54) is 24.0 Å². The average molecular weight is 216 g/mol. The van der Waals surface area contributed by atoms with Crippen LogP contribution in [0.25, 0.3) is 6.08 Å². The molecule has 1 atom stereocenters. The van der Waals surface area contributed by atoms with Gasteiger partial charge in [-0.25, -0.2) is 0 Å². The van der Waals surface area contributed by atoms with Crippen LogP contribution in [0.3, 0.4) is 0 Å². The molecule has 0 saturated carbocycles. The first-order chi connectivity index (χ1) is 7.46. The molecule has 1 aromatic rings. The van der Waals surface area contributed by atoms with Crippen LogP contribution in [0, 0.1) is 5.41 Å². The Morgan fingerprint density at radius 2 is 1.75 bits per heavy atom. The van der Waals surface area contributed by atoms with Crippen molar-refractivity contribution in [1.29, 1.82) is 0 Å². The summed E-state index contributed by atoms with van der Waals surface area (Å²) in [6.07, 6.45) is 4.36. The molecule has 0 aromatic heterocycles. The lowest BCUT2D eigenvalue weighted by Crippen LogP contribution is -2.11. The molecule has 16 heavy (non-hydrogen) atoms. The Hall–Kier alpha value is -1.04. The quantitative estimate of drug-likeness (QED) is 0.644. The summed E-state index contributed by atoms with van der Waals surface area (Å²) >= 11 is 0. The van der Waals surface area contributed by atoms with Gasteiger partial charge in [-0.2, -0.15) is 0 Å². The normalized spacial score (nSPS) is 13.5. The summed E-state index contributed by atoms with van der Waals surface area (Å²) in [5, 5.41) is 0. The van der Waals surface area contributed by atoms with E-state index in [1.807, 2.05) is 6.08 Å². The van der Waals surface area contributed by atoms with Crippen LogP contribution in [0.1, 0.15) is 57.6 Å². The standard InChI is InChI=1S/C16H24/c1-6-13-8-10-15(11-9-13)14(7-2)12-16(3,4)5/h6,8-11,14H,1,7,12H2,2-5H3. The summed E-state index contributed by atoms with van der Waals surface area (Å²) in [6.45, 7) is 13.0. The van der Waals surface area contributed by atoms with E-state index in [0.717, 1.165) is 0 Å². The number of hydrogen-bond acceptors (Lipinski definition) is 0. The van der Waals surface area contributed by atoms with Gasteiger partial charge in [0.05, 0.1) is 0 Å². The molecule has 0 aliphatic heterocycles. The molecule has 1 rings (SSSR count). The topological polar surface area (TPSA) is 0 Å². The van der Waals surface area contributed by atoms with Crippen molar-refractivity contribution in [3.05, 3.63) is 42.0 Å². The highest BCUT2D eigenvalue weighted by molar-refractivity contribution is 5.47. The van der Waals surface area contributed by atoms with Crippen LogP contribution in [0.5, 0.6) is 0 Å². The molecule has 0 radical (unpaired) electrons. The Labute approximate surface area is 100 Å². The molecule has 0 amide bonds. The van der Waals surface area contributed by atoms with Crippen molar-refractivity contribution >= 4 is 6.08 Å². The first kappa shape index (κ1) is 13.0. The van der Waals surface area contributed by atoms with E-state index in [2.05, 4.69) is 58.5 Å². The summed E-state index contributed by atoms with van der Waals surface area (Å²) in [4.78, 5) is 0. The Kier molecular flexibility index (Phi) is 4.35. The van der Waals surface area contributed by atoms with Crippen LogP contribution in [-0.4, -0.2) is 0 Å². The number of rotatable bonds is 4. The molecule has 88 valence electrons. The van der Waals surface area contributed by atoms with Crippen molar-refractivity contribution in [2.45, 2.75) is 46.5 Å². The smallest absolute Gasteiger partial charge is 0.0160 e. The number of hydrogen-bond donors (Lipinski definition) is 0. The zero-order valence-electron chi connectivity index (χ0n) is 11.1. The van der Waals surface area contributed by atoms with Gasteiger partial charge in [0.1, 0.15) is 0 Å².